The molecule has 2 aromatic rings. The molecule has 3 rings (SSSR count). The Morgan fingerprint density at radius 1 is 1.08 bits per heavy atom. The molecule has 0 fully saturated rings. The van der Waals surface area contributed by atoms with Gasteiger partial charge in [-0.2, -0.15) is 0 Å². The standard InChI is InChI=1S/C21H20O3/c1-21(2)12-11-19(22)17-13-15(7-10-18(17)21)4-3-14-5-8-16(9-6-14)20(23)24/h5-10,13,19,22H,11-12H2,1-2H3,(H,23,24). The summed E-state index contributed by atoms with van der Waals surface area (Å²) in [5, 5.41) is 19.2. The van der Waals surface area contributed by atoms with E-state index in [1.54, 1.807) is 24.3 Å². The van der Waals surface area contributed by atoms with E-state index in [2.05, 4.69) is 31.8 Å². The van der Waals surface area contributed by atoms with E-state index in [1.807, 2.05) is 12.1 Å². The third kappa shape index (κ3) is 3.20. The van der Waals surface area contributed by atoms with E-state index in [0.717, 1.165) is 29.5 Å². The number of carbonyl (C=O) groups is 1. The number of benzene rings is 2. The molecule has 2 aromatic carbocycles. The molecule has 0 bridgehead atoms. The number of hydrogen-bond donors (Lipinski definition) is 2. The van der Waals surface area contributed by atoms with Crippen molar-refractivity contribution in [2.75, 3.05) is 0 Å². The third-order valence-electron chi connectivity index (χ3n) is 4.67. The van der Waals surface area contributed by atoms with Crippen LogP contribution in [0.5, 0.6) is 0 Å². The first-order valence-electron chi connectivity index (χ1n) is 8.05. The first kappa shape index (κ1) is 16.3. The second kappa shape index (κ2) is 6.14. The Hall–Kier alpha value is -2.57. The van der Waals surface area contributed by atoms with Crippen molar-refractivity contribution in [2.24, 2.45) is 0 Å². The molecule has 1 aliphatic rings. The lowest BCUT2D eigenvalue weighted by Gasteiger charge is -2.35. The molecule has 0 aliphatic heterocycles. The average Bonchev–Trinajstić information content (AvgIpc) is 2.57. The average molecular weight is 320 g/mol. The van der Waals surface area contributed by atoms with Crippen molar-refractivity contribution >= 4 is 5.97 Å². The van der Waals surface area contributed by atoms with Gasteiger partial charge in [-0.15, -0.1) is 0 Å². The van der Waals surface area contributed by atoms with Gasteiger partial charge in [-0.1, -0.05) is 31.8 Å². The van der Waals surface area contributed by atoms with Crippen LogP contribution < -0.4 is 0 Å². The number of hydrogen-bond acceptors (Lipinski definition) is 2. The minimum Gasteiger partial charge on any atom is -0.478 e. The predicted octanol–water partition coefficient (Wildman–Crippen LogP) is 3.89. The molecule has 24 heavy (non-hydrogen) atoms. The van der Waals surface area contributed by atoms with Crippen molar-refractivity contribution in [3.63, 3.8) is 0 Å². The Morgan fingerprint density at radius 2 is 1.71 bits per heavy atom. The van der Waals surface area contributed by atoms with Gasteiger partial charge < -0.3 is 10.2 Å². The number of rotatable bonds is 1. The fourth-order valence-corrected chi connectivity index (χ4v) is 3.16. The van der Waals surface area contributed by atoms with Crippen molar-refractivity contribution in [1.82, 2.24) is 0 Å². The van der Waals surface area contributed by atoms with E-state index >= 15 is 0 Å². The van der Waals surface area contributed by atoms with Crippen molar-refractivity contribution in [1.29, 1.82) is 0 Å². The maximum absolute atomic E-state index is 10.9. The van der Waals surface area contributed by atoms with Crippen LogP contribution in [0.3, 0.4) is 0 Å². The topological polar surface area (TPSA) is 57.5 Å². The van der Waals surface area contributed by atoms with Gasteiger partial charge in [0.05, 0.1) is 11.7 Å². The van der Waals surface area contributed by atoms with Crippen LogP contribution in [0.25, 0.3) is 0 Å². The number of aromatic carboxylic acids is 1. The third-order valence-corrected chi connectivity index (χ3v) is 4.67. The molecule has 0 aromatic heterocycles. The van der Waals surface area contributed by atoms with E-state index in [9.17, 15) is 9.90 Å². The molecule has 2 N–H and O–H groups in total. The first-order chi connectivity index (χ1) is 11.4. The summed E-state index contributed by atoms with van der Waals surface area (Å²) in [7, 11) is 0. The van der Waals surface area contributed by atoms with Gasteiger partial charge >= 0.3 is 5.97 Å². The van der Waals surface area contributed by atoms with Crippen LogP contribution in [0.15, 0.2) is 42.5 Å². The molecule has 122 valence electrons. The van der Waals surface area contributed by atoms with Gasteiger partial charge in [-0.25, -0.2) is 4.79 Å². The summed E-state index contributed by atoms with van der Waals surface area (Å²) in [6.07, 6.45) is 1.32. The molecular formula is C21H20O3. The van der Waals surface area contributed by atoms with Gasteiger partial charge in [-0.05, 0) is 65.8 Å². The Morgan fingerprint density at radius 3 is 2.38 bits per heavy atom. The quantitative estimate of drug-likeness (QED) is 0.784. The summed E-state index contributed by atoms with van der Waals surface area (Å²) in [6.45, 7) is 4.40. The van der Waals surface area contributed by atoms with Crippen LogP contribution in [0.4, 0.5) is 0 Å². The van der Waals surface area contributed by atoms with Gasteiger partial charge in [0.2, 0.25) is 0 Å². The summed E-state index contributed by atoms with van der Waals surface area (Å²) in [6, 6.07) is 12.5. The molecule has 0 saturated carbocycles. The first-order valence-corrected chi connectivity index (χ1v) is 8.05. The van der Waals surface area contributed by atoms with Crippen LogP contribution in [-0.4, -0.2) is 16.2 Å². The molecule has 0 radical (unpaired) electrons. The highest BCUT2D eigenvalue weighted by molar-refractivity contribution is 5.87. The Kier molecular flexibility index (Phi) is 4.17. The maximum Gasteiger partial charge on any atom is 0.335 e. The zero-order chi connectivity index (χ0) is 17.3. The van der Waals surface area contributed by atoms with Gasteiger partial charge in [-0.3, -0.25) is 0 Å². The predicted molar refractivity (Wildman–Crippen MR) is 93.0 cm³/mol. The largest absolute Gasteiger partial charge is 0.478 e. The van der Waals surface area contributed by atoms with Gasteiger partial charge in [0.15, 0.2) is 0 Å². The van der Waals surface area contributed by atoms with Crippen LogP contribution in [0.2, 0.25) is 0 Å². The Bertz CT molecular complexity index is 836. The zero-order valence-electron chi connectivity index (χ0n) is 13.8. The smallest absolute Gasteiger partial charge is 0.335 e. The number of fused-ring (bicyclic) bond motifs is 1. The fraction of sp³-hybridized carbons (Fsp3) is 0.286. The van der Waals surface area contributed by atoms with Gasteiger partial charge in [0.1, 0.15) is 0 Å². The lowest BCUT2D eigenvalue weighted by Crippen LogP contribution is -2.26. The highest BCUT2D eigenvalue weighted by Gasteiger charge is 2.31. The highest BCUT2D eigenvalue weighted by Crippen LogP contribution is 2.41. The van der Waals surface area contributed by atoms with Gasteiger partial charge in [0, 0.05) is 11.1 Å². The monoisotopic (exact) mass is 320 g/mol. The molecular weight excluding hydrogens is 300 g/mol. The summed E-state index contributed by atoms with van der Waals surface area (Å²) in [5.41, 5.74) is 4.11. The van der Waals surface area contributed by atoms with Crippen LogP contribution in [0.1, 0.15) is 65.4 Å². The van der Waals surface area contributed by atoms with Crippen LogP contribution in [-0.2, 0) is 5.41 Å². The normalized spacial score (nSPS) is 18.2. The number of aliphatic hydroxyl groups is 1. The van der Waals surface area contributed by atoms with Crippen molar-refractivity contribution < 1.29 is 15.0 Å². The summed E-state index contributed by atoms with van der Waals surface area (Å²) < 4.78 is 0. The second-order valence-electron chi connectivity index (χ2n) is 6.87. The molecule has 0 amide bonds. The molecule has 3 nitrogen and oxygen atoms in total. The van der Waals surface area contributed by atoms with E-state index in [1.165, 1.54) is 5.56 Å². The van der Waals surface area contributed by atoms with E-state index in [4.69, 9.17) is 5.11 Å². The van der Waals surface area contributed by atoms with Crippen LogP contribution >= 0.6 is 0 Å². The molecule has 3 heteroatoms. The summed E-state index contributed by atoms with van der Waals surface area (Å²) in [4.78, 5) is 10.9. The Labute approximate surface area is 142 Å². The fourth-order valence-electron chi connectivity index (χ4n) is 3.16. The minimum atomic E-state index is -0.944. The zero-order valence-corrected chi connectivity index (χ0v) is 13.8. The molecule has 0 spiro atoms. The SMILES string of the molecule is CC1(C)CCC(O)c2cc(C#Cc3ccc(C(=O)O)cc3)ccc21. The van der Waals surface area contributed by atoms with E-state index in [-0.39, 0.29) is 11.0 Å². The van der Waals surface area contributed by atoms with Crippen LogP contribution in [0, 0.1) is 11.8 Å². The highest BCUT2D eigenvalue weighted by atomic mass is 16.4. The minimum absolute atomic E-state index is 0.0766. The molecule has 1 unspecified atom stereocenters. The van der Waals surface area contributed by atoms with E-state index < -0.39 is 12.1 Å². The summed E-state index contributed by atoms with van der Waals surface area (Å²) >= 11 is 0. The van der Waals surface area contributed by atoms with Crippen molar-refractivity contribution in [3.8, 4) is 11.8 Å². The second-order valence-corrected chi connectivity index (χ2v) is 6.87. The molecule has 0 heterocycles. The molecule has 1 aliphatic carbocycles. The van der Waals surface area contributed by atoms with Crippen molar-refractivity contribution in [2.45, 2.75) is 38.2 Å². The van der Waals surface area contributed by atoms with Gasteiger partial charge in [0.25, 0.3) is 0 Å². The number of carboxylic acids is 1. The Balaban J connectivity index is 1.90. The number of carboxylic acid groups (broad SMARTS) is 1. The molecule has 1 atom stereocenters. The maximum atomic E-state index is 10.9. The number of aliphatic hydroxyl groups excluding tert-OH is 1. The molecule has 0 saturated heterocycles. The lowest BCUT2D eigenvalue weighted by molar-refractivity contribution is 0.0697. The summed E-state index contributed by atoms with van der Waals surface area (Å²) in [5.74, 6) is 5.20. The van der Waals surface area contributed by atoms with E-state index in [0.29, 0.717) is 0 Å². The lowest BCUT2D eigenvalue weighted by atomic mass is 9.71. The van der Waals surface area contributed by atoms with Crippen molar-refractivity contribution in [3.05, 3.63) is 70.3 Å².